The highest BCUT2D eigenvalue weighted by molar-refractivity contribution is 5.88. The monoisotopic (exact) mass is 298 g/mol. The van der Waals surface area contributed by atoms with E-state index in [9.17, 15) is 18.4 Å². The van der Waals surface area contributed by atoms with Crippen LogP contribution in [0, 0.1) is 11.6 Å². The first-order valence-electron chi connectivity index (χ1n) is 6.71. The smallest absolute Gasteiger partial charge is 0.258 e. The van der Waals surface area contributed by atoms with E-state index < -0.39 is 30.2 Å². The second-order valence-electron chi connectivity index (χ2n) is 4.77. The Bertz CT molecular complexity index is 537. The molecule has 1 aliphatic rings. The largest absolute Gasteiger partial charge is 0.481 e. The van der Waals surface area contributed by atoms with Gasteiger partial charge in [0.15, 0.2) is 18.2 Å². The van der Waals surface area contributed by atoms with Crippen LogP contribution >= 0.6 is 0 Å². The highest BCUT2D eigenvalue weighted by Gasteiger charge is 2.22. The van der Waals surface area contributed by atoms with Gasteiger partial charge in [0, 0.05) is 12.6 Å². The molecule has 1 aromatic rings. The fourth-order valence-corrected chi connectivity index (χ4v) is 2.05. The van der Waals surface area contributed by atoms with Gasteiger partial charge in [-0.2, -0.15) is 0 Å². The van der Waals surface area contributed by atoms with E-state index >= 15 is 0 Å². The predicted molar refractivity (Wildman–Crippen MR) is 70.6 cm³/mol. The maximum absolute atomic E-state index is 13.3. The van der Waals surface area contributed by atoms with Gasteiger partial charge in [0.25, 0.3) is 5.91 Å². The fourth-order valence-electron chi connectivity index (χ4n) is 2.05. The average molecular weight is 298 g/mol. The summed E-state index contributed by atoms with van der Waals surface area (Å²) in [5.74, 6) is -2.57. The summed E-state index contributed by atoms with van der Waals surface area (Å²) in [6.07, 6.45) is 2.26. The Balaban J connectivity index is 1.85. The molecule has 2 amide bonds. The van der Waals surface area contributed by atoms with E-state index in [2.05, 4.69) is 10.6 Å². The molecule has 1 fully saturated rings. The van der Waals surface area contributed by atoms with Crippen LogP contribution < -0.4 is 15.4 Å². The second kappa shape index (κ2) is 7.01. The molecule has 0 aliphatic carbocycles. The van der Waals surface area contributed by atoms with E-state index in [1.54, 1.807) is 0 Å². The summed E-state index contributed by atoms with van der Waals surface area (Å²) in [4.78, 5) is 23.4. The van der Waals surface area contributed by atoms with Crippen LogP contribution in [0.15, 0.2) is 18.2 Å². The van der Waals surface area contributed by atoms with Gasteiger partial charge in [0.05, 0.1) is 0 Å². The van der Waals surface area contributed by atoms with Gasteiger partial charge < -0.3 is 15.4 Å². The molecule has 1 atom stereocenters. The van der Waals surface area contributed by atoms with Crippen LogP contribution in [0.2, 0.25) is 0 Å². The van der Waals surface area contributed by atoms with E-state index in [0.29, 0.717) is 19.0 Å². The maximum Gasteiger partial charge on any atom is 0.258 e. The van der Waals surface area contributed by atoms with Crippen molar-refractivity contribution in [2.45, 2.75) is 25.3 Å². The third-order valence-corrected chi connectivity index (χ3v) is 3.12. The molecule has 114 valence electrons. The topological polar surface area (TPSA) is 67.4 Å². The van der Waals surface area contributed by atoms with Gasteiger partial charge in [-0.1, -0.05) is 0 Å². The Hall–Kier alpha value is -2.18. The molecule has 0 saturated carbocycles. The third kappa shape index (κ3) is 4.40. The molecular weight excluding hydrogens is 282 g/mol. The van der Waals surface area contributed by atoms with Crippen LogP contribution in [0.3, 0.4) is 0 Å². The van der Waals surface area contributed by atoms with Crippen molar-refractivity contribution in [1.82, 2.24) is 10.6 Å². The minimum Gasteiger partial charge on any atom is -0.481 e. The SMILES string of the molecule is O=C(COc1ccc(F)cc1F)NC1CCCCNC1=O. The Labute approximate surface area is 120 Å². The van der Waals surface area contributed by atoms with Crippen molar-refractivity contribution < 1.29 is 23.1 Å². The summed E-state index contributed by atoms with van der Waals surface area (Å²) in [6.45, 7) is 0.162. The molecule has 1 aromatic carbocycles. The lowest BCUT2D eigenvalue weighted by molar-refractivity contribution is -0.129. The minimum absolute atomic E-state index is 0.211. The number of halogens is 2. The van der Waals surface area contributed by atoms with Crippen molar-refractivity contribution >= 4 is 11.8 Å². The van der Waals surface area contributed by atoms with Crippen molar-refractivity contribution in [3.8, 4) is 5.75 Å². The standard InChI is InChI=1S/C14H16F2N2O3/c15-9-4-5-12(10(16)7-9)21-8-13(19)18-11-3-1-2-6-17-14(11)20/h4-5,7,11H,1-3,6,8H2,(H,17,20)(H,18,19). The minimum atomic E-state index is -0.880. The summed E-state index contributed by atoms with van der Waals surface area (Å²) in [7, 11) is 0. The molecule has 0 aromatic heterocycles. The van der Waals surface area contributed by atoms with E-state index in [-0.39, 0.29) is 11.7 Å². The summed E-state index contributed by atoms with van der Waals surface area (Å²) in [6, 6.07) is 2.22. The van der Waals surface area contributed by atoms with Gasteiger partial charge in [0.2, 0.25) is 5.91 Å². The summed E-state index contributed by atoms with van der Waals surface area (Å²) >= 11 is 0. The number of amides is 2. The quantitative estimate of drug-likeness (QED) is 0.875. The van der Waals surface area contributed by atoms with Gasteiger partial charge in [0.1, 0.15) is 11.9 Å². The number of carbonyl (C=O) groups excluding carboxylic acids is 2. The van der Waals surface area contributed by atoms with Gasteiger partial charge in [-0.3, -0.25) is 9.59 Å². The molecule has 21 heavy (non-hydrogen) atoms. The molecule has 2 N–H and O–H groups in total. The lowest BCUT2D eigenvalue weighted by atomic mass is 10.1. The molecule has 2 rings (SSSR count). The van der Waals surface area contributed by atoms with Crippen LogP contribution in [-0.2, 0) is 9.59 Å². The molecule has 5 nitrogen and oxygen atoms in total. The van der Waals surface area contributed by atoms with Gasteiger partial charge in [-0.15, -0.1) is 0 Å². The fraction of sp³-hybridized carbons (Fsp3) is 0.429. The Morgan fingerprint density at radius 1 is 1.38 bits per heavy atom. The lowest BCUT2D eigenvalue weighted by Crippen LogP contribution is -2.46. The Kier molecular flexibility index (Phi) is 5.08. The Morgan fingerprint density at radius 3 is 2.95 bits per heavy atom. The molecule has 0 bridgehead atoms. The zero-order valence-corrected chi connectivity index (χ0v) is 11.3. The molecule has 0 radical (unpaired) electrons. The van der Waals surface area contributed by atoms with E-state index in [1.165, 1.54) is 0 Å². The Morgan fingerprint density at radius 2 is 2.19 bits per heavy atom. The van der Waals surface area contributed by atoms with Crippen LogP contribution in [-0.4, -0.2) is 31.0 Å². The molecule has 7 heteroatoms. The molecule has 1 aliphatic heterocycles. The molecular formula is C14H16F2N2O3. The van der Waals surface area contributed by atoms with Gasteiger partial charge in [-0.25, -0.2) is 8.78 Å². The summed E-state index contributed by atoms with van der Waals surface area (Å²) in [5.41, 5.74) is 0. The van der Waals surface area contributed by atoms with Crippen LogP contribution in [0.25, 0.3) is 0 Å². The third-order valence-electron chi connectivity index (χ3n) is 3.12. The maximum atomic E-state index is 13.3. The van der Waals surface area contributed by atoms with Crippen molar-refractivity contribution in [2.24, 2.45) is 0 Å². The van der Waals surface area contributed by atoms with Crippen LogP contribution in [0.1, 0.15) is 19.3 Å². The van der Waals surface area contributed by atoms with Crippen molar-refractivity contribution in [3.63, 3.8) is 0 Å². The van der Waals surface area contributed by atoms with E-state index in [0.717, 1.165) is 25.0 Å². The normalized spacial score (nSPS) is 18.6. The highest BCUT2D eigenvalue weighted by atomic mass is 19.1. The number of carbonyl (C=O) groups is 2. The number of hydrogen-bond donors (Lipinski definition) is 2. The molecule has 0 spiro atoms. The summed E-state index contributed by atoms with van der Waals surface area (Å²) in [5, 5.41) is 5.23. The molecule has 1 unspecified atom stereocenters. The molecule has 1 heterocycles. The number of hydrogen-bond acceptors (Lipinski definition) is 3. The number of ether oxygens (including phenoxy) is 1. The van der Waals surface area contributed by atoms with Gasteiger partial charge >= 0.3 is 0 Å². The van der Waals surface area contributed by atoms with Crippen LogP contribution in [0.4, 0.5) is 8.78 Å². The zero-order chi connectivity index (χ0) is 15.2. The van der Waals surface area contributed by atoms with Gasteiger partial charge in [-0.05, 0) is 31.4 Å². The first kappa shape index (κ1) is 15.2. The first-order chi connectivity index (χ1) is 10.1. The zero-order valence-electron chi connectivity index (χ0n) is 11.3. The molecule has 1 saturated heterocycles. The summed E-state index contributed by atoms with van der Waals surface area (Å²) < 4.78 is 31.0. The van der Waals surface area contributed by atoms with Crippen molar-refractivity contribution in [2.75, 3.05) is 13.2 Å². The second-order valence-corrected chi connectivity index (χ2v) is 4.77. The van der Waals surface area contributed by atoms with Crippen molar-refractivity contribution in [3.05, 3.63) is 29.8 Å². The van der Waals surface area contributed by atoms with Crippen molar-refractivity contribution in [1.29, 1.82) is 0 Å². The highest BCUT2D eigenvalue weighted by Crippen LogP contribution is 2.17. The van der Waals surface area contributed by atoms with E-state index in [4.69, 9.17) is 4.74 Å². The number of rotatable bonds is 4. The average Bonchev–Trinajstić information content (AvgIpc) is 2.63. The number of nitrogens with one attached hydrogen (secondary N) is 2. The first-order valence-corrected chi connectivity index (χ1v) is 6.71. The van der Waals surface area contributed by atoms with E-state index in [1.807, 2.05) is 0 Å². The lowest BCUT2D eigenvalue weighted by Gasteiger charge is -2.15. The van der Waals surface area contributed by atoms with Crippen LogP contribution in [0.5, 0.6) is 5.75 Å². The predicted octanol–water partition coefficient (Wildman–Crippen LogP) is 1.13. The number of benzene rings is 1.